The second kappa shape index (κ2) is 3.84. The molecule has 3 atom stereocenters. The summed E-state index contributed by atoms with van der Waals surface area (Å²) in [5, 5.41) is 10.3. The van der Waals surface area contributed by atoms with E-state index >= 15 is 0 Å². The smallest absolute Gasteiger partial charge is 0.274 e. The molecule has 2 aliphatic rings. The minimum Gasteiger partial charge on any atom is -0.334 e. The molecule has 3 rings (SSSR count). The fourth-order valence-corrected chi connectivity index (χ4v) is 3.11. The highest BCUT2D eigenvalue weighted by molar-refractivity contribution is 5.92. The molecule has 92 valence electrons. The number of carbonyl (C=O) groups is 1. The number of nitrogens with zero attached hydrogens (tertiary/aromatic N) is 2. The standard InChI is InChI=1S/C12H18N4O/c1-7-3-11(15-14-7)12(17)16-6-9-4-13-5-10(9)8(16)2/h3,8-10,13H,4-6H2,1-2H3,(H,14,15). The molecule has 0 spiro atoms. The summed E-state index contributed by atoms with van der Waals surface area (Å²) in [7, 11) is 0. The molecule has 17 heavy (non-hydrogen) atoms. The lowest BCUT2D eigenvalue weighted by Gasteiger charge is -2.23. The third-order valence-electron chi connectivity index (χ3n) is 4.12. The minimum absolute atomic E-state index is 0.0660. The number of carbonyl (C=O) groups excluding carboxylic acids is 1. The first kappa shape index (κ1) is 10.8. The van der Waals surface area contributed by atoms with Crippen LogP contribution in [0, 0.1) is 18.8 Å². The van der Waals surface area contributed by atoms with Gasteiger partial charge in [-0.25, -0.2) is 0 Å². The third-order valence-corrected chi connectivity index (χ3v) is 4.12. The number of fused-ring (bicyclic) bond motifs is 1. The molecule has 5 nitrogen and oxygen atoms in total. The summed E-state index contributed by atoms with van der Waals surface area (Å²) in [6.45, 7) is 7.00. The van der Waals surface area contributed by atoms with Gasteiger partial charge < -0.3 is 10.2 Å². The Kier molecular flexibility index (Phi) is 2.43. The van der Waals surface area contributed by atoms with Crippen LogP contribution in [0.25, 0.3) is 0 Å². The van der Waals surface area contributed by atoms with Gasteiger partial charge in [-0.15, -0.1) is 0 Å². The quantitative estimate of drug-likeness (QED) is 0.739. The summed E-state index contributed by atoms with van der Waals surface area (Å²) in [6.07, 6.45) is 0. The van der Waals surface area contributed by atoms with Crippen LogP contribution < -0.4 is 5.32 Å². The zero-order valence-corrected chi connectivity index (χ0v) is 10.2. The second-order valence-electron chi connectivity index (χ2n) is 5.22. The Morgan fingerprint density at radius 1 is 1.53 bits per heavy atom. The largest absolute Gasteiger partial charge is 0.334 e. The number of hydrogen-bond donors (Lipinski definition) is 2. The van der Waals surface area contributed by atoms with Gasteiger partial charge in [0.05, 0.1) is 0 Å². The van der Waals surface area contributed by atoms with Gasteiger partial charge in [-0.3, -0.25) is 9.89 Å². The number of nitrogens with one attached hydrogen (secondary N) is 2. The molecule has 0 saturated carbocycles. The van der Waals surface area contributed by atoms with Crippen molar-refractivity contribution in [3.8, 4) is 0 Å². The van der Waals surface area contributed by atoms with E-state index in [1.807, 2.05) is 17.9 Å². The molecular weight excluding hydrogens is 216 g/mol. The predicted octanol–water partition coefficient (Wildman–Crippen LogP) is 0.398. The van der Waals surface area contributed by atoms with Crippen LogP contribution in [0.5, 0.6) is 0 Å². The van der Waals surface area contributed by atoms with Crippen LogP contribution in [0.4, 0.5) is 0 Å². The van der Waals surface area contributed by atoms with Gasteiger partial charge in [0.1, 0.15) is 5.69 Å². The van der Waals surface area contributed by atoms with Crippen LogP contribution >= 0.6 is 0 Å². The molecule has 2 aliphatic heterocycles. The van der Waals surface area contributed by atoms with Crippen LogP contribution in [-0.4, -0.2) is 46.7 Å². The van der Waals surface area contributed by atoms with Crippen LogP contribution in [-0.2, 0) is 0 Å². The Hall–Kier alpha value is -1.36. The van der Waals surface area contributed by atoms with Gasteiger partial charge in [0.2, 0.25) is 0 Å². The molecule has 0 radical (unpaired) electrons. The molecule has 2 fully saturated rings. The van der Waals surface area contributed by atoms with Gasteiger partial charge in [-0.2, -0.15) is 5.10 Å². The average molecular weight is 234 g/mol. The van der Waals surface area contributed by atoms with Crippen molar-refractivity contribution in [2.75, 3.05) is 19.6 Å². The molecule has 0 aliphatic carbocycles. The van der Waals surface area contributed by atoms with Crippen molar-refractivity contribution in [1.29, 1.82) is 0 Å². The summed E-state index contributed by atoms with van der Waals surface area (Å²) < 4.78 is 0. The molecule has 3 heterocycles. The molecule has 1 amide bonds. The number of aromatic nitrogens is 2. The van der Waals surface area contributed by atoms with E-state index in [0.717, 1.165) is 25.3 Å². The molecule has 3 unspecified atom stereocenters. The van der Waals surface area contributed by atoms with Crippen molar-refractivity contribution >= 4 is 5.91 Å². The normalized spacial score (nSPS) is 31.9. The van der Waals surface area contributed by atoms with E-state index in [2.05, 4.69) is 22.4 Å². The summed E-state index contributed by atoms with van der Waals surface area (Å²) >= 11 is 0. The maximum absolute atomic E-state index is 12.3. The lowest BCUT2D eigenvalue weighted by Crippen LogP contribution is -2.38. The first-order valence-electron chi connectivity index (χ1n) is 6.20. The fourth-order valence-electron chi connectivity index (χ4n) is 3.11. The maximum Gasteiger partial charge on any atom is 0.274 e. The van der Waals surface area contributed by atoms with Crippen molar-refractivity contribution < 1.29 is 4.79 Å². The predicted molar refractivity (Wildman–Crippen MR) is 63.7 cm³/mol. The number of aryl methyl sites for hydroxylation is 1. The number of rotatable bonds is 1. The van der Waals surface area contributed by atoms with E-state index in [4.69, 9.17) is 0 Å². The molecule has 2 N–H and O–H groups in total. The van der Waals surface area contributed by atoms with Crippen molar-refractivity contribution in [3.63, 3.8) is 0 Å². The van der Waals surface area contributed by atoms with E-state index < -0.39 is 0 Å². The van der Waals surface area contributed by atoms with E-state index in [0.29, 0.717) is 23.6 Å². The van der Waals surface area contributed by atoms with Gasteiger partial charge in [-0.1, -0.05) is 0 Å². The van der Waals surface area contributed by atoms with Crippen LogP contribution in [0.3, 0.4) is 0 Å². The highest BCUT2D eigenvalue weighted by atomic mass is 16.2. The molecule has 5 heteroatoms. The highest BCUT2D eigenvalue weighted by Gasteiger charge is 2.44. The van der Waals surface area contributed by atoms with Crippen LogP contribution in [0.1, 0.15) is 23.1 Å². The summed E-state index contributed by atoms with van der Waals surface area (Å²) in [4.78, 5) is 14.3. The van der Waals surface area contributed by atoms with Crippen LogP contribution in [0.15, 0.2) is 6.07 Å². The van der Waals surface area contributed by atoms with Gasteiger partial charge >= 0.3 is 0 Å². The molecular formula is C12H18N4O. The molecule has 1 aromatic rings. The fraction of sp³-hybridized carbons (Fsp3) is 0.667. The molecule has 1 aromatic heterocycles. The van der Waals surface area contributed by atoms with E-state index in [1.54, 1.807) is 0 Å². The highest BCUT2D eigenvalue weighted by Crippen LogP contribution is 2.32. The van der Waals surface area contributed by atoms with Gasteiger partial charge in [0.25, 0.3) is 5.91 Å². The van der Waals surface area contributed by atoms with Crippen molar-refractivity contribution in [2.45, 2.75) is 19.9 Å². The summed E-state index contributed by atoms with van der Waals surface area (Å²) in [5.74, 6) is 1.30. The Labute approximate surface area is 101 Å². The first-order valence-corrected chi connectivity index (χ1v) is 6.20. The average Bonchev–Trinajstić information content (AvgIpc) is 2.96. The van der Waals surface area contributed by atoms with Crippen molar-refractivity contribution in [1.82, 2.24) is 20.4 Å². The maximum atomic E-state index is 12.3. The Morgan fingerprint density at radius 2 is 2.35 bits per heavy atom. The number of hydrogen-bond acceptors (Lipinski definition) is 3. The number of likely N-dealkylation sites (tertiary alicyclic amines) is 1. The molecule has 0 aromatic carbocycles. The van der Waals surface area contributed by atoms with Gasteiger partial charge in [0, 0.05) is 31.4 Å². The third kappa shape index (κ3) is 1.65. The monoisotopic (exact) mass is 234 g/mol. The Bertz CT molecular complexity index is 441. The lowest BCUT2D eigenvalue weighted by atomic mass is 9.95. The lowest BCUT2D eigenvalue weighted by molar-refractivity contribution is 0.0722. The molecule has 0 bridgehead atoms. The van der Waals surface area contributed by atoms with E-state index in [9.17, 15) is 4.79 Å². The second-order valence-corrected chi connectivity index (χ2v) is 5.22. The number of amides is 1. The zero-order chi connectivity index (χ0) is 12.0. The number of aromatic amines is 1. The van der Waals surface area contributed by atoms with Gasteiger partial charge in [-0.05, 0) is 31.7 Å². The van der Waals surface area contributed by atoms with Crippen molar-refractivity contribution in [2.24, 2.45) is 11.8 Å². The van der Waals surface area contributed by atoms with E-state index in [1.165, 1.54) is 0 Å². The summed E-state index contributed by atoms with van der Waals surface area (Å²) in [5.41, 5.74) is 1.48. The number of H-pyrrole nitrogens is 1. The summed E-state index contributed by atoms with van der Waals surface area (Å²) in [6, 6.07) is 2.14. The topological polar surface area (TPSA) is 61.0 Å². The minimum atomic E-state index is 0.0660. The van der Waals surface area contributed by atoms with E-state index in [-0.39, 0.29) is 5.91 Å². The van der Waals surface area contributed by atoms with Crippen LogP contribution in [0.2, 0.25) is 0 Å². The Balaban J connectivity index is 1.79. The van der Waals surface area contributed by atoms with Gasteiger partial charge in [0.15, 0.2) is 0 Å². The molecule has 2 saturated heterocycles. The zero-order valence-electron chi connectivity index (χ0n) is 10.2. The first-order chi connectivity index (χ1) is 8.16. The SMILES string of the molecule is Cc1cc(C(=O)N2CC3CNCC3C2C)n[nH]1. The Morgan fingerprint density at radius 3 is 3.00 bits per heavy atom. The van der Waals surface area contributed by atoms with Crippen molar-refractivity contribution in [3.05, 3.63) is 17.5 Å².